The van der Waals surface area contributed by atoms with Crippen molar-refractivity contribution in [3.05, 3.63) is 112 Å². The Morgan fingerprint density at radius 2 is 1.77 bits per heavy atom. The van der Waals surface area contributed by atoms with E-state index in [1.165, 1.54) is 22.5 Å². The van der Waals surface area contributed by atoms with Gasteiger partial charge in [-0.15, -0.1) is 0 Å². The number of rotatable bonds is 6. The molecule has 0 aliphatic carbocycles. The highest BCUT2D eigenvalue weighted by Gasteiger charge is 2.41. The van der Waals surface area contributed by atoms with Crippen LogP contribution in [0, 0.1) is 13.8 Å². The Kier molecular flexibility index (Phi) is 6.62. The lowest BCUT2D eigenvalue weighted by molar-refractivity contribution is 0.310. The molecule has 1 fully saturated rings. The van der Waals surface area contributed by atoms with E-state index in [-0.39, 0.29) is 12.1 Å². The van der Waals surface area contributed by atoms with E-state index in [2.05, 4.69) is 92.0 Å². The average Bonchev–Trinajstić information content (AvgIpc) is 3.35. The van der Waals surface area contributed by atoms with Crippen molar-refractivity contribution in [1.82, 2.24) is 19.8 Å². The molecule has 5 rings (SSSR count). The number of nitrogens with zero attached hydrogens (tertiary/aromatic N) is 3. The average molecular weight is 548 g/mol. The highest BCUT2D eigenvalue weighted by Crippen LogP contribution is 2.42. The smallest absolute Gasteiger partial charge is 0.170 e. The Morgan fingerprint density at radius 1 is 1.03 bits per heavy atom. The van der Waals surface area contributed by atoms with Crippen LogP contribution in [0.5, 0.6) is 5.75 Å². The molecule has 2 aromatic carbocycles. The van der Waals surface area contributed by atoms with Crippen molar-refractivity contribution in [3.63, 3.8) is 0 Å². The molecule has 3 heterocycles. The summed E-state index contributed by atoms with van der Waals surface area (Å²) in [5.74, 6) is 0.843. The van der Waals surface area contributed by atoms with Gasteiger partial charge >= 0.3 is 0 Å². The van der Waals surface area contributed by atoms with Gasteiger partial charge in [-0.25, -0.2) is 0 Å². The summed E-state index contributed by atoms with van der Waals surface area (Å²) in [6, 6.07) is 24.7. The Hall–Kier alpha value is -3.16. The Bertz CT molecular complexity index is 1350. The van der Waals surface area contributed by atoms with Crippen LogP contribution in [0.25, 0.3) is 5.69 Å². The first kappa shape index (κ1) is 23.6. The van der Waals surface area contributed by atoms with Gasteiger partial charge in [-0.2, -0.15) is 0 Å². The van der Waals surface area contributed by atoms with E-state index in [0.717, 1.165) is 26.7 Å². The van der Waals surface area contributed by atoms with E-state index in [4.69, 9.17) is 17.0 Å². The predicted molar refractivity (Wildman–Crippen MR) is 147 cm³/mol. The van der Waals surface area contributed by atoms with Crippen molar-refractivity contribution in [2.75, 3.05) is 7.11 Å². The summed E-state index contributed by atoms with van der Waals surface area (Å²) in [5.41, 5.74) is 6.86. The zero-order valence-electron chi connectivity index (χ0n) is 19.9. The predicted octanol–water partition coefficient (Wildman–Crippen LogP) is 6.43. The van der Waals surface area contributed by atoms with E-state index in [1.807, 2.05) is 36.5 Å². The standard InChI is InChI=1S/C28H27BrN4OS/c1-18-16-22(19(2)33(18)25-10-5-4-8-23(25)29)27-26(24-9-6-7-15-30-24)31-28(35)32(27)17-20-11-13-21(34-3)14-12-20/h4-16,26-27H,17H2,1-3H3,(H,31,35)/t26-,27+/m0/s1. The Morgan fingerprint density at radius 3 is 2.46 bits per heavy atom. The number of benzene rings is 2. The summed E-state index contributed by atoms with van der Waals surface area (Å²) < 4.78 is 8.71. The molecule has 0 unspecified atom stereocenters. The molecule has 1 aliphatic heterocycles. The van der Waals surface area contributed by atoms with Crippen molar-refractivity contribution < 1.29 is 4.74 Å². The van der Waals surface area contributed by atoms with Crippen LogP contribution in [-0.2, 0) is 6.54 Å². The number of ether oxygens (including phenoxy) is 1. The molecule has 1 aliphatic rings. The minimum absolute atomic E-state index is 0.0121. The summed E-state index contributed by atoms with van der Waals surface area (Å²) >= 11 is 9.62. The number of aryl methyl sites for hydroxylation is 1. The second-order valence-electron chi connectivity index (χ2n) is 8.72. The summed E-state index contributed by atoms with van der Waals surface area (Å²) in [6.07, 6.45) is 1.84. The van der Waals surface area contributed by atoms with Gasteiger partial charge in [0.2, 0.25) is 0 Å². The molecule has 0 spiro atoms. The lowest BCUT2D eigenvalue weighted by atomic mass is 9.96. The van der Waals surface area contributed by atoms with E-state index < -0.39 is 0 Å². The first-order valence-electron chi connectivity index (χ1n) is 11.5. The lowest BCUT2D eigenvalue weighted by Gasteiger charge is -2.28. The normalized spacial score (nSPS) is 17.5. The molecule has 35 heavy (non-hydrogen) atoms. The lowest BCUT2D eigenvalue weighted by Crippen LogP contribution is -2.29. The summed E-state index contributed by atoms with van der Waals surface area (Å²) in [6.45, 7) is 5.02. The number of nitrogens with one attached hydrogen (secondary N) is 1. The summed E-state index contributed by atoms with van der Waals surface area (Å²) in [4.78, 5) is 6.97. The molecule has 0 amide bonds. The van der Waals surface area contributed by atoms with Crippen LogP contribution in [0.3, 0.4) is 0 Å². The summed E-state index contributed by atoms with van der Waals surface area (Å²) in [7, 11) is 1.68. The fourth-order valence-electron chi connectivity index (χ4n) is 4.93. The molecular formula is C28H27BrN4OS. The molecule has 2 aromatic heterocycles. The van der Waals surface area contributed by atoms with Gasteiger partial charge in [-0.3, -0.25) is 4.98 Å². The number of hydrogen-bond donors (Lipinski definition) is 1. The highest BCUT2D eigenvalue weighted by molar-refractivity contribution is 9.10. The second-order valence-corrected chi connectivity index (χ2v) is 9.96. The van der Waals surface area contributed by atoms with Crippen molar-refractivity contribution in [3.8, 4) is 11.4 Å². The number of thiocarbonyl (C=S) groups is 1. The zero-order valence-corrected chi connectivity index (χ0v) is 22.3. The number of halogens is 1. The first-order chi connectivity index (χ1) is 17.0. The van der Waals surface area contributed by atoms with Crippen LogP contribution in [-0.4, -0.2) is 26.7 Å². The molecule has 2 atom stereocenters. The van der Waals surface area contributed by atoms with Gasteiger partial charge in [0.25, 0.3) is 0 Å². The third-order valence-electron chi connectivity index (χ3n) is 6.59. The molecule has 4 aromatic rings. The van der Waals surface area contributed by atoms with Crippen LogP contribution in [0.4, 0.5) is 0 Å². The van der Waals surface area contributed by atoms with Gasteiger partial charge in [0, 0.05) is 28.6 Å². The fourth-order valence-corrected chi connectivity index (χ4v) is 5.70. The van der Waals surface area contributed by atoms with E-state index in [1.54, 1.807) is 7.11 Å². The molecule has 1 saturated heterocycles. The fraction of sp³-hybridized carbons (Fsp3) is 0.214. The molecule has 178 valence electrons. The molecule has 0 saturated carbocycles. The van der Waals surface area contributed by atoms with Crippen LogP contribution < -0.4 is 10.1 Å². The molecule has 5 nitrogen and oxygen atoms in total. The monoisotopic (exact) mass is 546 g/mol. The molecule has 1 N–H and O–H groups in total. The quantitative estimate of drug-likeness (QED) is 0.282. The molecular weight excluding hydrogens is 520 g/mol. The number of pyridine rings is 1. The Balaban J connectivity index is 1.60. The SMILES string of the molecule is COc1ccc(CN2C(=S)N[C@@H](c3ccccn3)[C@H]2c2cc(C)n(-c3ccccc3Br)c2C)cc1. The summed E-state index contributed by atoms with van der Waals surface area (Å²) in [5, 5.41) is 4.30. The molecule has 0 bridgehead atoms. The zero-order chi connectivity index (χ0) is 24.5. The van der Waals surface area contributed by atoms with E-state index >= 15 is 0 Å². The third kappa shape index (κ3) is 4.46. The van der Waals surface area contributed by atoms with Gasteiger partial charge < -0.3 is 19.5 Å². The topological polar surface area (TPSA) is 42.3 Å². The number of methoxy groups -OCH3 is 1. The second kappa shape index (κ2) is 9.84. The number of hydrogen-bond acceptors (Lipinski definition) is 3. The van der Waals surface area contributed by atoms with Gasteiger partial charge in [-0.05, 0) is 95.6 Å². The van der Waals surface area contributed by atoms with Gasteiger partial charge in [0.1, 0.15) is 5.75 Å². The van der Waals surface area contributed by atoms with E-state index in [9.17, 15) is 0 Å². The minimum Gasteiger partial charge on any atom is -0.497 e. The van der Waals surface area contributed by atoms with Crippen LogP contribution in [0.15, 0.2) is 83.5 Å². The van der Waals surface area contributed by atoms with Crippen molar-refractivity contribution >= 4 is 33.3 Å². The van der Waals surface area contributed by atoms with Crippen molar-refractivity contribution in [2.45, 2.75) is 32.5 Å². The maximum atomic E-state index is 5.89. The van der Waals surface area contributed by atoms with Crippen molar-refractivity contribution in [1.29, 1.82) is 0 Å². The van der Waals surface area contributed by atoms with Gasteiger partial charge in [-0.1, -0.05) is 30.3 Å². The van der Waals surface area contributed by atoms with Gasteiger partial charge in [0.15, 0.2) is 5.11 Å². The maximum Gasteiger partial charge on any atom is 0.170 e. The van der Waals surface area contributed by atoms with Crippen LogP contribution >= 0.6 is 28.1 Å². The minimum atomic E-state index is -0.0601. The third-order valence-corrected chi connectivity index (χ3v) is 7.61. The number of aromatic nitrogens is 2. The highest BCUT2D eigenvalue weighted by atomic mass is 79.9. The number of para-hydroxylation sites is 1. The van der Waals surface area contributed by atoms with Gasteiger partial charge in [0.05, 0.1) is 30.6 Å². The first-order valence-corrected chi connectivity index (χ1v) is 12.7. The van der Waals surface area contributed by atoms with Crippen LogP contribution in [0.1, 0.15) is 40.3 Å². The maximum absolute atomic E-state index is 5.89. The molecule has 0 radical (unpaired) electrons. The molecule has 7 heteroatoms. The Labute approximate surface area is 219 Å². The van der Waals surface area contributed by atoms with Crippen LogP contribution in [0.2, 0.25) is 0 Å². The van der Waals surface area contributed by atoms with Crippen molar-refractivity contribution in [2.24, 2.45) is 0 Å². The van der Waals surface area contributed by atoms with E-state index in [0.29, 0.717) is 6.54 Å². The largest absolute Gasteiger partial charge is 0.497 e.